The number of piperidine rings is 1. The Hall–Kier alpha value is -3.74. The Bertz CT molecular complexity index is 1300. The molecule has 32 heavy (non-hydrogen) atoms. The molecule has 1 aliphatic heterocycles. The standard InChI is InChI=1S/C25H24N6O/c1-30-15-19(16-7-3-2-4-8-16)24(29-30)25(32)31-14-17-11-18(17)22(31)12-27-23-13-26-20-9-5-6-10-21(20)28-23/h2-10,13,15,17-18,22H,11-12,14H2,1H3,(H,27,28). The summed E-state index contributed by atoms with van der Waals surface area (Å²) in [7, 11) is 1.86. The Morgan fingerprint density at radius 2 is 1.88 bits per heavy atom. The van der Waals surface area contributed by atoms with Crippen LogP contribution in [0.25, 0.3) is 22.2 Å². The van der Waals surface area contributed by atoms with Gasteiger partial charge >= 0.3 is 0 Å². The van der Waals surface area contributed by atoms with Gasteiger partial charge in [0.05, 0.1) is 23.3 Å². The number of rotatable bonds is 5. The monoisotopic (exact) mass is 424 g/mol. The fraction of sp³-hybridized carbons (Fsp3) is 0.280. The number of amides is 1. The minimum atomic E-state index is 0.00745. The Labute approximate surface area is 186 Å². The number of fused-ring (bicyclic) bond motifs is 2. The van der Waals surface area contributed by atoms with Crippen LogP contribution < -0.4 is 5.32 Å². The van der Waals surface area contributed by atoms with Crippen LogP contribution in [0.15, 0.2) is 67.0 Å². The van der Waals surface area contributed by atoms with Gasteiger partial charge in [0.15, 0.2) is 5.69 Å². The highest BCUT2D eigenvalue weighted by Gasteiger charge is 2.54. The summed E-state index contributed by atoms with van der Waals surface area (Å²) < 4.78 is 1.73. The van der Waals surface area contributed by atoms with Gasteiger partial charge in [-0.2, -0.15) is 5.10 Å². The number of benzene rings is 2. The first-order chi connectivity index (χ1) is 15.7. The minimum Gasteiger partial charge on any atom is -0.367 e. The third kappa shape index (κ3) is 3.30. The summed E-state index contributed by atoms with van der Waals surface area (Å²) in [6.07, 6.45) is 4.88. The number of anilines is 1. The number of aromatic nitrogens is 4. The molecule has 2 aromatic heterocycles. The molecule has 1 amide bonds. The van der Waals surface area contributed by atoms with Crippen LogP contribution >= 0.6 is 0 Å². The van der Waals surface area contributed by atoms with E-state index in [0.29, 0.717) is 24.1 Å². The third-order valence-corrected chi connectivity index (χ3v) is 6.62. The predicted molar refractivity (Wildman–Crippen MR) is 123 cm³/mol. The summed E-state index contributed by atoms with van der Waals surface area (Å²) in [4.78, 5) is 24.8. The molecule has 3 heterocycles. The molecule has 1 aliphatic carbocycles. The second-order valence-corrected chi connectivity index (χ2v) is 8.74. The Morgan fingerprint density at radius 1 is 1.09 bits per heavy atom. The largest absolute Gasteiger partial charge is 0.367 e. The molecule has 160 valence electrons. The normalized spacial score (nSPS) is 21.5. The summed E-state index contributed by atoms with van der Waals surface area (Å²) >= 11 is 0. The van der Waals surface area contributed by atoms with Gasteiger partial charge in [-0.25, -0.2) is 4.98 Å². The molecular formula is C25H24N6O. The number of carbonyl (C=O) groups is 1. The van der Waals surface area contributed by atoms with E-state index in [1.54, 1.807) is 10.9 Å². The summed E-state index contributed by atoms with van der Waals surface area (Å²) in [6.45, 7) is 1.46. The van der Waals surface area contributed by atoms with Crippen LogP contribution in [-0.4, -0.2) is 49.7 Å². The van der Waals surface area contributed by atoms with E-state index >= 15 is 0 Å². The lowest BCUT2D eigenvalue weighted by molar-refractivity contribution is 0.0709. The van der Waals surface area contributed by atoms with Gasteiger partial charge < -0.3 is 10.2 Å². The summed E-state index contributed by atoms with van der Waals surface area (Å²) in [5.41, 5.74) is 4.15. The summed E-state index contributed by atoms with van der Waals surface area (Å²) in [5, 5.41) is 7.97. The molecule has 0 radical (unpaired) electrons. The van der Waals surface area contributed by atoms with Gasteiger partial charge in [0, 0.05) is 31.9 Å². The Morgan fingerprint density at radius 3 is 2.72 bits per heavy atom. The van der Waals surface area contributed by atoms with Crippen molar-refractivity contribution in [2.24, 2.45) is 18.9 Å². The van der Waals surface area contributed by atoms with Crippen molar-refractivity contribution < 1.29 is 4.79 Å². The predicted octanol–water partition coefficient (Wildman–Crippen LogP) is 3.60. The lowest BCUT2D eigenvalue weighted by Crippen LogP contribution is -2.42. The highest BCUT2D eigenvalue weighted by atomic mass is 16.2. The first kappa shape index (κ1) is 19.0. The zero-order chi connectivity index (χ0) is 21.7. The van der Waals surface area contributed by atoms with Gasteiger partial charge in [-0.05, 0) is 36.0 Å². The van der Waals surface area contributed by atoms with Crippen molar-refractivity contribution in [3.63, 3.8) is 0 Å². The number of aryl methyl sites for hydroxylation is 1. The fourth-order valence-corrected chi connectivity index (χ4v) is 4.93. The van der Waals surface area contributed by atoms with Crippen LogP contribution in [0.4, 0.5) is 5.82 Å². The smallest absolute Gasteiger partial charge is 0.275 e. The number of carbonyl (C=O) groups excluding carboxylic acids is 1. The van der Waals surface area contributed by atoms with E-state index in [1.165, 1.54) is 6.42 Å². The Balaban J connectivity index is 1.24. The Kier molecular flexibility index (Phi) is 4.41. The first-order valence-electron chi connectivity index (χ1n) is 11.0. The quantitative estimate of drug-likeness (QED) is 0.530. The van der Waals surface area contributed by atoms with Crippen molar-refractivity contribution in [2.45, 2.75) is 12.5 Å². The van der Waals surface area contributed by atoms with Gasteiger partial charge in [0.25, 0.3) is 5.91 Å². The van der Waals surface area contributed by atoms with E-state index in [1.807, 2.05) is 72.7 Å². The minimum absolute atomic E-state index is 0.00745. The van der Waals surface area contributed by atoms with Crippen molar-refractivity contribution in [1.82, 2.24) is 24.6 Å². The van der Waals surface area contributed by atoms with E-state index in [-0.39, 0.29) is 11.9 Å². The first-order valence-corrected chi connectivity index (χ1v) is 11.0. The molecule has 2 aliphatic rings. The van der Waals surface area contributed by atoms with Crippen molar-refractivity contribution in [1.29, 1.82) is 0 Å². The number of hydrogen-bond donors (Lipinski definition) is 1. The fourth-order valence-electron chi connectivity index (χ4n) is 4.93. The van der Waals surface area contributed by atoms with Gasteiger partial charge in [0.2, 0.25) is 0 Å². The average Bonchev–Trinajstić information content (AvgIpc) is 3.34. The SMILES string of the molecule is Cn1cc(-c2ccccc2)c(C(=O)N2CC3CC3C2CNc2cnc3ccccc3n2)n1. The van der Waals surface area contributed by atoms with Crippen molar-refractivity contribution >= 4 is 22.8 Å². The van der Waals surface area contributed by atoms with E-state index in [0.717, 1.165) is 34.5 Å². The van der Waals surface area contributed by atoms with E-state index < -0.39 is 0 Å². The van der Waals surface area contributed by atoms with E-state index in [4.69, 9.17) is 0 Å². The van der Waals surface area contributed by atoms with Crippen LogP contribution in [0, 0.1) is 11.8 Å². The molecule has 7 heteroatoms. The summed E-state index contributed by atoms with van der Waals surface area (Å²) in [5.74, 6) is 1.89. The van der Waals surface area contributed by atoms with Crippen LogP contribution in [0.1, 0.15) is 16.9 Å². The van der Waals surface area contributed by atoms with Crippen LogP contribution in [0.3, 0.4) is 0 Å². The molecule has 0 spiro atoms. The van der Waals surface area contributed by atoms with Gasteiger partial charge in [-0.1, -0.05) is 42.5 Å². The number of nitrogens with one attached hydrogen (secondary N) is 1. The second kappa shape index (κ2) is 7.44. The molecule has 2 aromatic carbocycles. The molecule has 4 aromatic rings. The molecule has 7 nitrogen and oxygen atoms in total. The zero-order valence-electron chi connectivity index (χ0n) is 17.8. The number of para-hydroxylation sites is 2. The van der Waals surface area contributed by atoms with Crippen molar-refractivity contribution in [3.05, 3.63) is 72.7 Å². The second-order valence-electron chi connectivity index (χ2n) is 8.74. The van der Waals surface area contributed by atoms with E-state index in [9.17, 15) is 4.79 Å². The van der Waals surface area contributed by atoms with Gasteiger partial charge in [0.1, 0.15) is 5.82 Å². The maximum atomic E-state index is 13.6. The highest BCUT2D eigenvalue weighted by Crippen LogP contribution is 2.50. The lowest BCUT2D eigenvalue weighted by Gasteiger charge is -2.27. The van der Waals surface area contributed by atoms with Crippen LogP contribution in [0.5, 0.6) is 0 Å². The van der Waals surface area contributed by atoms with Gasteiger partial charge in [-0.3, -0.25) is 14.5 Å². The number of likely N-dealkylation sites (tertiary alicyclic amines) is 1. The summed E-state index contributed by atoms with van der Waals surface area (Å²) in [6, 6.07) is 18.0. The molecule has 6 rings (SSSR count). The van der Waals surface area contributed by atoms with Crippen molar-refractivity contribution in [3.8, 4) is 11.1 Å². The lowest BCUT2D eigenvalue weighted by atomic mass is 10.1. The van der Waals surface area contributed by atoms with Crippen LogP contribution in [0.2, 0.25) is 0 Å². The number of hydrogen-bond acceptors (Lipinski definition) is 5. The van der Waals surface area contributed by atoms with Crippen LogP contribution in [-0.2, 0) is 7.05 Å². The average molecular weight is 425 g/mol. The maximum Gasteiger partial charge on any atom is 0.275 e. The molecule has 0 bridgehead atoms. The molecule has 3 atom stereocenters. The van der Waals surface area contributed by atoms with Crippen molar-refractivity contribution in [2.75, 3.05) is 18.4 Å². The molecular weight excluding hydrogens is 400 g/mol. The molecule has 1 N–H and O–H groups in total. The number of nitrogens with zero attached hydrogens (tertiary/aromatic N) is 5. The van der Waals surface area contributed by atoms with E-state index in [2.05, 4.69) is 20.4 Å². The maximum absolute atomic E-state index is 13.6. The molecule has 1 saturated carbocycles. The molecule has 2 fully saturated rings. The van der Waals surface area contributed by atoms with Gasteiger partial charge in [-0.15, -0.1) is 0 Å². The molecule has 1 saturated heterocycles. The third-order valence-electron chi connectivity index (χ3n) is 6.62. The topological polar surface area (TPSA) is 75.9 Å². The highest BCUT2D eigenvalue weighted by molar-refractivity contribution is 5.99. The molecule has 3 unspecified atom stereocenters. The zero-order valence-corrected chi connectivity index (χ0v) is 17.8.